The van der Waals surface area contributed by atoms with Gasteiger partial charge < -0.3 is 4.57 Å². The van der Waals surface area contributed by atoms with E-state index in [9.17, 15) is 4.79 Å². The smallest absolute Gasteiger partial charge is 0.198 e. The Kier molecular flexibility index (Phi) is 4.50. The van der Waals surface area contributed by atoms with Crippen LogP contribution in [0.4, 0.5) is 0 Å². The molecule has 100 valence electrons. The van der Waals surface area contributed by atoms with E-state index >= 15 is 0 Å². The Morgan fingerprint density at radius 3 is 2.84 bits per heavy atom. The monoisotopic (exact) mass is 256 g/mol. The fourth-order valence-electron chi connectivity index (χ4n) is 2.23. The topological polar surface area (TPSA) is 34.9 Å². The number of ketones is 1. The van der Waals surface area contributed by atoms with Crippen LogP contribution >= 0.6 is 0 Å². The SMILES string of the molecule is CCCn1ccnc1C(=O)CCc1ccccc1C. The van der Waals surface area contributed by atoms with Gasteiger partial charge in [-0.1, -0.05) is 31.2 Å². The second-order valence-electron chi connectivity index (χ2n) is 4.79. The van der Waals surface area contributed by atoms with Gasteiger partial charge in [-0.3, -0.25) is 4.79 Å². The lowest BCUT2D eigenvalue weighted by Crippen LogP contribution is -2.11. The van der Waals surface area contributed by atoms with Crippen LogP contribution in [-0.2, 0) is 13.0 Å². The van der Waals surface area contributed by atoms with Crippen molar-refractivity contribution in [3.63, 3.8) is 0 Å². The molecule has 0 aliphatic carbocycles. The summed E-state index contributed by atoms with van der Waals surface area (Å²) < 4.78 is 1.94. The van der Waals surface area contributed by atoms with E-state index in [1.54, 1.807) is 6.20 Å². The Bertz CT molecular complexity index is 557. The van der Waals surface area contributed by atoms with Gasteiger partial charge in [0.05, 0.1) is 0 Å². The summed E-state index contributed by atoms with van der Waals surface area (Å²) in [5, 5.41) is 0. The van der Waals surface area contributed by atoms with Gasteiger partial charge in [-0.2, -0.15) is 0 Å². The molecule has 2 aromatic rings. The highest BCUT2D eigenvalue weighted by molar-refractivity contribution is 5.92. The Morgan fingerprint density at radius 2 is 2.11 bits per heavy atom. The predicted molar refractivity (Wildman–Crippen MR) is 76.3 cm³/mol. The van der Waals surface area contributed by atoms with Crippen molar-refractivity contribution in [1.29, 1.82) is 0 Å². The average Bonchev–Trinajstić information content (AvgIpc) is 2.86. The minimum Gasteiger partial charge on any atom is -0.329 e. The normalized spacial score (nSPS) is 10.6. The molecule has 3 nitrogen and oxygen atoms in total. The first-order valence-electron chi connectivity index (χ1n) is 6.81. The molecule has 0 aliphatic heterocycles. The molecule has 2 rings (SSSR count). The molecule has 3 heteroatoms. The highest BCUT2D eigenvalue weighted by Crippen LogP contribution is 2.12. The van der Waals surface area contributed by atoms with E-state index in [1.165, 1.54) is 11.1 Å². The fourth-order valence-corrected chi connectivity index (χ4v) is 2.23. The zero-order chi connectivity index (χ0) is 13.7. The zero-order valence-electron chi connectivity index (χ0n) is 11.6. The summed E-state index contributed by atoms with van der Waals surface area (Å²) in [6.07, 6.45) is 5.89. The number of rotatable bonds is 6. The molecule has 0 atom stereocenters. The standard InChI is InChI=1S/C16H20N2O/c1-3-11-18-12-10-17-16(18)15(19)9-8-14-7-5-4-6-13(14)2/h4-7,10,12H,3,8-9,11H2,1-2H3. The van der Waals surface area contributed by atoms with Gasteiger partial charge in [0.2, 0.25) is 0 Å². The molecule has 0 radical (unpaired) electrons. The van der Waals surface area contributed by atoms with Crippen LogP contribution in [-0.4, -0.2) is 15.3 Å². The molecule has 1 heterocycles. The number of hydrogen-bond donors (Lipinski definition) is 0. The number of hydrogen-bond acceptors (Lipinski definition) is 2. The molecular weight excluding hydrogens is 236 g/mol. The Morgan fingerprint density at radius 1 is 1.32 bits per heavy atom. The van der Waals surface area contributed by atoms with Crippen LogP contribution in [0.15, 0.2) is 36.7 Å². The largest absolute Gasteiger partial charge is 0.329 e. The predicted octanol–water partition coefficient (Wildman–Crippen LogP) is 3.42. The Hall–Kier alpha value is -1.90. The number of imidazole rings is 1. The number of Topliss-reactive ketones (excluding diaryl/α,β-unsaturated/α-hetero) is 1. The van der Waals surface area contributed by atoms with Gasteiger partial charge in [-0.05, 0) is 30.9 Å². The van der Waals surface area contributed by atoms with E-state index in [2.05, 4.69) is 31.0 Å². The van der Waals surface area contributed by atoms with Gasteiger partial charge in [-0.25, -0.2) is 4.98 Å². The van der Waals surface area contributed by atoms with Crippen molar-refractivity contribution in [2.45, 2.75) is 39.7 Å². The Labute approximate surface area is 114 Å². The first-order valence-corrected chi connectivity index (χ1v) is 6.81. The van der Waals surface area contributed by atoms with Crippen molar-refractivity contribution < 1.29 is 4.79 Å². The summed E-state index contributed by atoms with van der Waals surface area (Å²) in [5.74, 6) is 0.720. The molecule has 0 amide bonds. The molecular formula is C16H20N2O. The maximum Gasteiger partial charge on any atom is 0.198 e. The van der Waals surface area contributed by atoms with Gasteiger partial charge in [0, 0.05) is 25.4 Å². The molecule has 0 saturated heterocycles. The summed E-state index contributed by atoms with van der Waals surface area (Å²) in [6.45, 7) is 5.03. The molecule has 0 bridgehead atoms. The van der Waals surface area contributed by atoms with E-state index in [-0.39, 0.29) is 5.78 Å². The maximum atomic E-state index is 12.2. The second kappa shape index (κ2) is 6.32. The minimum atomic E-state index is 0.127. The Balaban J connectivity index is 2.02. The lowest BCUT2D eigenvalue weighted by molar-refractivity contribution is 0.0968. The summed E-state index contributed by atoms with van der Waals surface area (Å²) in [5.41, 5.74) is 2.48. The van der Waals surface area contributed by atoms with E-state index in [4.69, 9.17) is 0 Å². The van der Waals surface area contributed by atoms with Crippen LogP contribution < -0.4 is 0 Å². The van der Waals surface area contributed by atoms with Crippen LogP contribution in [0.25, 0.3) is 0 Å². The van der Waals surface area contributed by atoms with Gasteiger partial charge in [0.1, 0.15) is 0 Å². The molecule has 0 unspecified atom stereocenters. The number of benzene rings is 1. The molecule has 0 fully saturated rings. The minimum absolute atomic E-state index is 0.127. The van der Waals surface area contributed by atoms with Crippen molar-refractivity contribution in [3.05, 3.63) is 53.6 Å². The third kappa shape index (κ3) is 3.31. The van der Waals surface area contributed by atoms with E-state index < -0.39 is 0 Å². The maximum absolute atomic E-state index is 12.2. The molecule has 1 aromatic heterocycles. The van der Waals surface area contributed by atoms with Crippen LogP contribution in [0.5, 0.6) is 0 Å². The number of carbonyl (C=O) groups is 1. The first-order chi connectivity index (χ1) is 9.22. The molecule has 0 saturated carbocycles. The van der Waals surface area contributed by atoms with Crippen LogP contribution in [0.2, 0.25) is 0 Å². The summed E-state index contributed by atoms with van der Waals surface area (Å²) in [7, 11) is 0. The van der Waals surface area contributed by atoms with Gasteiger partial charge in [0.15, 0.2) is 11.6 Å². The van der Waals surface area contributed by atoms with Gasteiger partial charge in [-0.15, -0.1) is 0 Å². The van der Waals surface area contributed by atoms with Gasteiger partial charge in [0.25, 0.3) is 0 Å². The van der Waals surface area contributed by atoms with Crippen molar-refractivity contribution >= 4 is 5.78 Å². The van der Waals surface area contributed by atoms with E-state index in [0.29, 0.717) is 12.2 Å². The first kappa shape index (κ1) is 13.5. The lowest BCUT2D eigenvalue weighted by atomic mass is 10.0. The zero-order valence-corrected chi connectivity index (χ0v) is 11.6. The third-order valence-electron chi connectivity index (χ3n) is 3.31. The molecule has 0 spiro atoms. The number of carbonyl (C=O) groups excluding carboxylic acids is 1. The molecule has 0 N–H and O–H groups in total. The highest BCUT2D eigenvalue weighted by Gasteiger charge is 2.12. The quantitative estimate of drug-likeness (QED) is 0.742. The summed E-state index contributed by atoms with van der Waals surface area (Å²) in [4.78, 5) is 16.4. The highest BCUT2D eigenvalue weighted by atomic mass is 16.1. The van der Waals surface area contributed by atoms with Crippen molar-refractivity contribution in [2.75, 3.05) is 0 Å². The van der Waals surface area contributed by atoms with E-state index in [0.717, 1.165) is 19.4 Å². The number of aromatic nitrogens is 2. The fraction of sp³-hybridized carbons (Fsp3) is 0.375. The van der Waals surface area contributed by atoms with Gasteiger partial charge >= 0.3 is 0 Å². The van der Waals surface area contributed by atoms with Crippen LogP contribution in [0.3, 0.4) is 0 Å². The van der Waals surface area contributed by atoms with Crippen molar-refractivity contribution in [1.82, 2.24) is 9.55 Å². The van der Waals surface area contributed by atoms with Crippen molar-refractivity contribution in [2.24, 2.45) is 0 Å². The second-order valence-corrected chi connectivity index (χ2v) is 4.79. The molecule has 19 heavy (non-hydrogen) atoms. The van der Waals surface area contributed by atoms with E-state index in [1.807, 2.05) is 22.9 Å². The lowest BCUT2D eigenvalue weighted by Gasteiger charge is -2.07. The van der Waals surface area contributed by atoms with Crippen LogP contribution in [0, 0.1) is 6.92 Å². The molecule has 0 aliphatic rings. The number of nitrogens with zero attached hydrogens (tertiary/aromatic N) is 2. The average molecular weight is 256 g/mol. The van der Waals surface area contributed by atoms with Crippen LogP contribution in [0.1, 0.15) is 41.5 Å². The van der Waals surface area contributed by atoms with Crippen molar-refractivity contribution in [3.8, 4) is 0 Å². The molecule has 1 aromatic carbocycles. The number of aryl methyl sites for hydroxylation is 3. The summed E-state index contributed by atoms with van der Waals surface area (Å²) >= 11 is 0. The summed E-state index contributed by atoms with van der Waals surface area (Å²) in [6, 6.07) is 8.21. The third-order valence-corrected chi connectivity index (χ3v) is 3.31.